The molecule has 0 saturated heterocycles. The fraction of sp³-hybridized carbons (Fsp3) is 0.235. The smallest absolute Gasteiger partial charge is 0.254 e. The van der Waals surface area contributed by atoms with Gasteiger partial charge in [0.25, 0.3) is 5.91 Å². The maximum absolute atomic E-state index is 13.5. The van der Waals surface area contributed by atoms with Crippen LogP contribution in [0.1, 0.15) is 22.8 Å². The largest absolute Gasteiger partial charge is 0.493 e. The Labute approximate surface area is 128 Å². The molecule has 0 aliphatic heterocycles. The molecule has 2 aromatic rings. The summed E-state index contributed by atoms with van der Waals surface area (Å²) in [4.78, 5) is 12.0. The molecule has 0 radical (unpaired) electrons. The van der Waals surface area contributed by atoms with Crippen LogP contribution in [0.5, 0.6) is 11.5 Å². The molecule has 0 saturated carbocycles. The van der Waals surface area contributed by atoms with Gasteiger partial charge in [-0.25, -0.2) is 4.39 Å². The van der Waals surface area contributed by atoms with Crippen molar-refractivity contribution in [3.8, 4) is 11.5 Å². The first-order chi connectivity index (χ1) is 10.7. The van der Waals surface area contributed by atoms with Gasteiger partial charge in [-0.05, 0) is 36.8 Å². The summed E-state index contributed by atoms with van der Waals surface area (Å²) in [6, 6.07) is 11.3. The molecule has 0 unspecified atom stereocenters. The van der Waals surface area contributed by atoms with Gasteiger partial charge < -0.3 is 14.8 Å². The maximum Gasteiger partial charge on any atom is 0.254 e. The van der Waals surface area contributed by atoms with Gasteiger partial charge in [-0.15, -0.1) is 0 Å². The zero-order valence-corrected chi connectivity index (χ0v) is 12.6. The Bertz CT molecular complexity index is 658. The Morgan fingerprint density at radius 2 is 1.95 bits per heavy atom. The number of benzene rings is 2. The van der Waals surface area contributed by atoms with E-state index in [0.29, 0.717) is 18.1 Å². The molecule has 0 fully saturated rings. The molecule has 1 N–H and O–H groups in total. The first kappa shape index (κ1) is 15.8. The van der Waals surface area contributed by atoms with Crippen LogP contribution in [0, 0.1) is 5.82 Å². The van der Waals surface area contributed by atoms with E-state index < -0.39 is 11.7 Å². The Morgan fingerprint density at radius 3 is 2.64 bits per heavy atom. The first-order valence-corrected chi connectivity index (χ1v) is 6.98. The number of amides is 1. The summed E-state index contributed by atoms with van der Waals surface area (Å²) in [7, 11) is 1.57. The predicted molar refractivity (Wildman–Crippen MR) is 81.7 cm³/mol. The molecule has 0 atom stereocenters. The fourth-order valence-electron chi connectivity index (χ4n) is 2.02. The molecule has 0 spiro atoms. The third kappa shape index (κ3) is 3.75. The minimum absolute atomic E-state index is 0.0287. The number of ether oxygens (including phenoxy) is 2. The predicted octanol–water partition coefficient (Wildman–Crippen LogP) is 3.16. The highest BCUT2D eigenvalue weighted by Gasteiger charge is 2.11. The van der Waals surface area contributed by atoms with Crippen LogP contribution in [-0.2, 0) is 6.54 Å². The summed E-state index contributed by atoms with van der Waals surface area (Å²) in [5.74, 6) is 0.255. The van der Waals surface area contributed by atoms with E-state index in [1.807, 2.05) is 13.0 Å². The summed E-state index contributed by atoms with van der Waals surface area (Å²) in [5, 5.41) is 2.69. The van der Waals surface area contributed by atoms with E-state index in [-0.39, 0.29) is 12.1 Å². The average Bonchev–Trinajstić information content (AvgIpc) is 2.53. The van der Waals surface area contributed by atoms with Crippen molar-refractivity contribution in [3.05, 3.63) is 59.4 Å². The molecule has 5 heteroatoms. The number of hydrogen-bond acceptors (Lipinski definition) is 3. The van der Waals surface area contributed by atoms with Crippen molar-refractivity contribution in [2.75, 3.05) is 13.7 Å². The molecule has 22 heavy (non-hydrogen) atoms. The van der Waals surface area contributed by atoms with Crippen molar-refractivity contribution in [1.82, 2.24) is 5.32 Å². The average molecular weight is 303 g/mol. The summed E-state index contributed by atoms with van der Waals surface area (Å²) >= 11 is 0. The molecule has 4 nitrogen and oxygen atoms in total. The number of carbonyl (C=O) groups is 1. The van der Waals surface area contributed by atoms with E-state index in [1.165, 1.54) is 12.1 Å². The van der Waals surface area contributed by atoms with Gasteiger partial charge in [0, 0.05) is 6.54 Å². The summed E-state index contributed by atoms with van der Waals surface area (Å²) in [5.41, 5.74) is 0.870. The Kier molecular flexibility index (Phi) is 5.36. The lowest BCUT2D eigenvalue weighted by Crippen LogP contribution is -2.23. The molecule has 0 heterocycles. The van der Waals surface area contributed by atoms with Crippen molar-refractivity contribution >= 4 is 5.91 Å². The van der Waals surface area contributed by atoms with Crippen LogP contribution < -0.4 is 14.8 Å². The second kappa shape index (κ2) is 7.45. The lowest BCUT2D eigenvalue weighted by molar-refractivity contribution is 0.0947. The minimum Gasteiger partial charge on any atom is -0.493 e. The fourth-order valence-corrected chi connectivity index (χ4v) is 2.02. The highest BCUT2D eigenvalue weighted by Crippen LogP contribution is 2.28. The quantitative estimate of drug-likeness (QED) is 0.891. The molecular weight excluding hydrogens is 285 g/mol. The van der Waals surface area contributed by atoms with Crippen LogP contribution in [0.3, 0.4) is 0 Å². The van der Waals surface area contributed by atoms with Gasteiger partial charge >= 0.3 is 0 Å². The van der Waals surface area contributed by atoms with Crippen molar-refractivity contribution in [1.29, 1.82) is 0 Å². The van der Waals surface area contributed by atoms with Crippen LogP contribution in [0.2, 0.25) is 0 Å². The molecule has 116 valence electrons. The molecule has 0 aromatic heterocycles. The van der Waals surface area contributed by atoms with Crippen molar-refractivity contribution in [2.45, 2.75) is 13.5 Å². The summed E-state index contributed by atoms with van der Waals surface area (Å²) in [6.07, 6.45) is 0. The Hall–Kier alpha value is -2.56. The number of hydrogen-bond donors (Lipinski definition) is 1. The van der Waals surface area contributed by atoms with E-state index in [4.69, 9.17) is 9.47 Å². The molecule has 2 aromatic carbocycles. The summed E-state index contributed by atoms with van der Waals surface area (Å²) in [6.45, 7) is 2.67. The second-order valence-corrected chi connectivity index (χ2v) is 4.58. The van der Waals surface area contributed by atoms with E-state index in [9.17, 15) is 9.18 Å². The van der Waals surface area contributed by atoms with Crippen LogP contribution in [-0.4, -0.2) is 19.6 Å². The highest BCUT2D eigenvalue weighted by molar-refractivity contribution is 5.94. The Morgan fingerprint density at radius 1 is 1.18 bits per heavy atom. The number of nitrogens with one attached hydrogen (secondary N) is 1. The van der Waals surface area contributed by atoms with Gasteiger partial charge in [0.2, 0.25) is 0 Å². The lowest BCUT2D eigenvalue weighted by Gasteiger charge is -2.12. The lowest BCUT2D eigenvalue weighted by atomic mass is 10.1. The second-order valence-electron chi connectivity index (χ2n) is 4.58. The highest BCUT2D eigenvalue weighted by atomic mass is 19.1. The topological polar surface area (TPSA) is 47.6 Å². The monoisotopic (exact) mass is 303 g/mol. The van der Waals surface area contributed by atoms with Gasteiger partial charge in [0.15, 0.2) is 11.5 Å². The number of methoxy groups -OCH3 is 1. The van der Waals surface area contributed by atoms with Crippen molar-refractivity contribution < 1.29 is 18.7 Å². The number of halogens is 1. The van der Waals surface area contributed by atoms with Crippen LogP contribution >= 0.6 is 0 Å². The van der Waals surface area contributed by atoms with E-state index in [2.05, 4.69) is 5.32 Å². The molecule has 2 rings (SSSR count). The molecule has 0 aliphatic carbocycles. The van der Waals surface area contributed by atoms with Crippen molar-refractivity contribution in [2.24, 2.45) is 0 Å². The standard InChI is InChI=1S/C17H18FNO3/c1-3-22-16-10-12(8-9-15(16)21-2)11-19-17(20)13-6-4-5-7-14(13)18/h4-10H,3,11H2,1-2H3,(H,19,20). The van der Waals surface area contributed by atoms with E-state index >= 15 is 0 Å². The Balaban J connectivity index is 2.07. The van der Waals surface area contributed by atoms with Gasteiger partial charge in [0.1, 0.15) is 5.82 Å². The number of rotatable bonds is 6. The summed E-state index contributed by atoms with van der Waals surface area (Å²) < 4.78 is 24.2. The SMILES string of the molecule is CCOc1cc(CNC(=O)c2ccccc2F)ccc1OC. The molecular formula is C17H18FNO3. The zero-order chi connectivity index (χ0) is 15.9. The van der Waals surface area contributed by atoms with Crippen molar-refractivity contribution in [3.63, 3.8) is 0 Å². The third-order valence-electron chi connectivity index (χ3n) is 3.10. The van der Waals surface area contributed by atoms with Gasteiger partial charge in [-0.3, -0.25) is 4.79 Å². The normalized spacial score (nSPS) is 10.1. The van der Waals surface area contributed by atoms with Gasteiger partial charge in [0.05, 0.1) is 19.3 Å². The van der Waals surface area contributed by atoms with Gasteiger partial charge in [-0.2, -0.15) is 0 Å². The maximum atomic E-state index is 13.5. The van der Waals surface area contributed by atoms with E-state index in [0.717, 1.165) is 5.56 Å². The van der Waals surface area contributed by atoms with Crippen LogP contribution in [0.15, 0.2) is 42.5 Å². The zero-order valence-electron chi connectivity index (χ0n) is 12.6. The molecule has 0 aliphatic rings. The van der Waals surface area contributed by atoms with E-state index in [1.54, 1.807) is 31.4 Å². The van der Waals surface area contributed by atoms with Crippen LogP contribution in [0.4, 0.5) is 4.39 Å². The third-order valence-corrected chi connectivity index (χ3v) is 3.10. The molecule has 0 bridgehead atoms. The molecule has 1 amide bonds. The van der Waals surface area contributed by atoms with Gasteiger partial charge in [-0.1, -0.05) is 18.2 Å². The van der Waals surface area contributed by atoms with Crippen LogP contribution in [0.25, 0.3) is 0 Å². The minimum atomic E-state index is -0.537. The number of carbonyl (C=O) groups excluding carboxylic acids is 1. The first-order valence-electron chi connectivity index (χ1n) is 6.98.